The zero-order valence-corrected chi connectivity index (χ0v) is 13.2. The number of rotatable bonds is 8. The molecule has 4 nitrogen and oxygen atoms in total. The van der Waals surface area contributed by atoms with Crippen LogP contribution in [0.3, 0.4) is 0 Å². The van der Waals surface area contributed by atoms with E-state index >= 15 is 0 Å². The average molecular weight is 287 g/mol. The molecule has 0 amide bonds. The van der Waals surface area contributed by atoms with E-state index in [4.69, 9.17) is 4.74 Å². The van der Waals surface area contributed by atoms with E-state index in [1.54, 1.807) is 0 Å². The van der Waals surface area contributed by atoms with Gasteiger partial charge in [0, 0.05) is 17.5 Å². The van der Waals surface area contributed by atoms with Crippen molar-refractivity contribution < 1.29 is 4.74 Å². The predicted octanol–water partition coefficient (Wildman–Crippen LogP) is 3.33. The molecule has 0 fully saturated rings. The number of aryl methyl sites for hydroxylation is 1. The van der Waals surface area contributed by atoms with Crippen LogP contribution in [0.15, 0.2) is 36.5 Å². The molecule has 114 valence electrons. The summed E-state index contributed by atoms with van der Waals surface area (Å²) in [6, 6.07) is 10.5. The Balaban J connectivity index is 2.25. The predicted molar refractivity (Wildman–Crippen MR) is 85.6 cm³/mol. The number of benzene rings is 1. The Kier molecular flexibility index (Phi) is 5.81. The van der Waals surface area contributed by atoms with Gasteiger partial charge in [-0.25, -0.2) is 0 Å². The summed E-state index contributed by atoms with van der Waals surface area (Å²) in [7, 11) is 0. The van der Waals surface area contributed by atoms with Gasteiger partial charge in [-0.05, 0) is 38.9 Å². The summed E-state index contributed by atoms with van der Waals surface area (Å²) in [6.07, 6.45) is 2.95. The van der Waals surface area contributed by atoms with Crippen LogP contribution >= 0.6 is 0 Å². The van der Waals surface area contributed by atoms with Crippen molar-refractivity contribution in [1.29, 1.82) is 0 Å². The van der Waals surface area contributed by atoms with Crippen molar-refractivity contribution in [3.63, 3.8) is 0 Å². The summed E-state index contributed by atoms with van der Waals surface area (Å²) in [4.78, 5) is 0. The summed E-state index contributed by atoms with van der Waals surface area (Å²) in [5.74, 6) is 0.957. The fraction of sp³-hybridized carbons (Fsp3) is 0.471. The molecule has 2 rings (SSSR count). The molecule has 0 spiro atoms. The van der Waals surface area contributed by atoms with Gasteiger partial charge in [0.25, 0.3) is 0 Å². The van der Waals surface area contributed by atoms with E-state index in [2.05, 4.69) is 36.4 Å². The average Bonchev–Trinajstić information content (AvgIpc) is 2.90. The molecule has 0 bridgehead atoms. The van der Waals surface area contributed by atoms with Gasteiger partial charge in [0.2, 0.25) is 0 Å². The van der Waals surface area contributed by atoms with Crippen molar-refractivity contribution >= 4 is 0 Å². The summed E-state index contributed by atoms with van der Waals surface area (Å²) in [5, 5.41) is 8.01. The van der Waals surface area contributed by atoms with Crippen molar-refractivity contribution in [2.45, 2.75) is 39.8 Å². The largest absolute Gasteiger partial charge is 0.494 e. The van der Waals surface area contributed by atoms with Crippen molar-refractivity contribution in [3.8, 4) is 5.75 Å². The van der Waals surface area contributed by atoms with Crippen molar-refractivity contribution in [3.05, 3.63) is 47.8 Å². The topological polar surface area (TPSA) is 39.1 Å². The molecule has 0 aliphatic carbocycles. The minimum Gasteiger partial charge on any atom is -0.494 e. The fourth-order valence-electron chi connectivity index (χ4n) is 2.41. The Labute approximate surface area is 127 Å². The van der Waals surface area contributed by atoms with Gasteiger partial charge in [-0.2, -0.15) is 5.10 Å². The molecule has 0 saturated carbocycles. The van der Waals surface area contributed by atoms with Gasteiger partial charge in [0.15, 0.2) is 0 Å². The summed E-state index contributed by atoms with van der Waals surface area (Å²) in [5.41, 5.74) is 2.37. The zero-order valence-electron chi connectivity index (χ0n) is 13.2. The maximum Gasteiger partial charge on any atom is 0.124 e. The number of para-hydroxylation sites is 1. The van der Waals surface area contributed by atoms with Crippen molar-refractivity contribution in [2.75, 3.05) is 13.2 Å². The first kappa shape index (κ1) is 15.6. The lowest BCUT2D eigenvalue weighted by Gasteiger charge is -2.22. The Morgan fingerprint density at radius 1 is 1.24 bits per heavy atom. The SMILES string of the molecule is CCCNC(Cn1nccc1C)c1ccccc1OCC. The zero-order chi connectivity index (χ0) is 15.1. The van der Waals surface area contributed by atoms with Gasteiger partial charge in [-0.1, -0.05) is 25.1 Å². The number of aromatic nitrogens is 2. The van der Waals surface area contributed by atoms with E-state index in [0.29, 0.717) is 6.61 Å². The number of nitrogens with one attached hydrogen (secondary N) is 1. The lowest BCUT2D eigenvalue weighted by molar-refractivity contribution is 0.326. The number of ether oxygens (including phenoxy) is 1. The maximum atomic E-state index is 5.78. The fourth-order valence-corrected chi connectivity index (χ4v) is 2.41. The molecule has 1 atom stereocenters. The van der Waals surface area contributed by atoms with Gasteiger partial charge >= 0.3 is 0 Å². The van der Waals surface area contributed by atoms with Crippen LogP contribution in [-0.4, -0.2) is 22.9 Å². The number of hydrogen-bond donors (Lipinski definition) is 1. The minimum atomic E-state index is 0.200. The summed E-state index contributed by atoms with van der Waals surface area (Å²) < 4.78 is 7.82. The summed E-state index contributed by atoms with van der Waals surface area (Å²) in [6.45, 7) is 8.74. The molecular formula is C17H25N3O. The monoisotopic (exact) mass is 287 g/mol. The minimum absolute atomic E-state index is 0.200. The van der Waals surface area contributed by atoms with E-state index in [9.17, 15) is 0 Å². The highest BCUT2D eigenvalue weighted by Gasteiger charge is 2.17. The number of nitrogens with zero attached hydrogens (tertiary/aromatic N) is 2. The molecule has 2 aromatic rings. The van der Waals surface area contributed by atoms with E-state index in [1.165, 1.54) is 11.3 Å². The highest BCUT2D eigenvalue weighted by atomic mass is 16.5. The van der Waals surface area contributed by atoms with Crippen LogP contribution in [0.2, 0.25) is 0 Å². The quantitative estimate of drug-likeness (QED) is 0.809. The smallest absolute Gasteiger partial charge is 0.124 e. The second kappa shape index (κ2) is 7.84. The molecule has 0 saturated heterocycles. The molecule has 0 aliphatic heterocycles. The highest BCUT2D eigenvalue weighted by molar-refractivity contribution is 5.36. The molecule has 1 aromatic heterocycles. The lowest BCUT2D eigenvalue weighted by Crippen LogP contribution is -2.27. The van der Waals surface area contributed by atoms with E-state index in [-0.39, 0.29) is 6.04 Å². The van der Waals surface area contributed by atoms with Crippen LogP contribution in [0, 0.1) is 6.92 Å². The van der Waals surface area contributed by atoms with Gasteiger partial charge in [-0.15, -0.1) is 0 Å². The molecule has 0 radical (unpaired) electrons. The van der Waals surface area contributed by atoms with Crippen LogP contribution in [0.4, 0.5) is 0 Å². The molecular weight excluding hydrogens is 262 g/mol. The molecule has 1 heterocycles. The first-order chi connectivity index (χ1) is 10.3. The standard InChI is InChI=1S/C17H25N3O/c1-4-11-18-16(13-20-14(3)10-12-19-20)15-8-6-7-9-17(15)21-5-2/h6-10,12,16,18H,4-5,11,13H2,1-3H3. The third-order valence-electron chi connectivity index (χ3n) is 3.52. The van der Waals surface area contributed by atoms with Crippen LogP contribution in [0.5, 0.6) is 5.75 Å². The van der Waals surface area contributed by atoms with Crippen LogP contribution in [0.1, 0.15) is 37.6 Å². The molecule has 1 aromatic carbocycles. The maximum absolute atomic E-state index is 5.78. The lowest BCUT2D eigenvalue weighted by atomic mass is 10.1. The second-order valence-corrected chi connectivity index (χ2v) is 5.13. The molecule has 21 heavy (non-hydrogen) atoms. The van der Waals surface area contributed by atoms with E-state index in [1.807, 2.05) is 36.0 Å². The molecule has 0 aliphatic rings. The van der Waals surface area contributed by atoms with Crippen LogP contribution in [-0.2, 0) is 6.54 Å². The Hall–Kier alpha value is -1.81. The highest BCUT2D eigenvalue weighted by Crippen LogP contribution is 2.26. The van der Waals surface area contributed by atoms with Gasteiger partial charge in [0.05, 0.1) is 19.2 Å². The molecule has 1 unspecified atom stereocenters. The first-order valence-electron chi connectivity index (χ1n) is 7.69. The Morgan fingerprint density at radius 3 is 2.71 bits per heavy atom. The third-order valence-corrected chi connectivity index (χ3v) is 3.52. The Bertz CT molecular complexity index is 550. The third kappa shape index (κ3) is 4.08. The molecule has 1 N–H and O–H groups in total. The van der Waals surface area contributed by atoms with Gasteiger partial charge in [0.1, 0.15) is 5.75 Å². The van der Waals surface area contributed by atoms with Crippen molar-refractivity contribution in [2.24, 2.45) is 0 Å². The number of hydrogen-bond acceptors (Lipinski definition) is 3. The van der Waals surface area contributed by atoms with Crippen LogP contribution < -0.4 is 10.1 Å². The van der Waals surface area contributed by atoms with E-state index < -0.39 is 0 Å². The second-order valence-electron chi connectivity index (χ2n) is 5.13. The summed E-state index contributed by atoms with van der Waals surface area (Å²) >= 11 is 0. The van der Waals surface area contributed by atoms with Crippen LogP contribution in [0.25, 0.3) is 0 Å². The normalized spacial score (nSPS) is 12.3. The van der Waals surface area contributed by atoms with Crippen molar-refractivity contribution in [1.82, 2.24) is 15.1 Å². The Morgan fingerprint density at radius 2 is 2.05 bits per heavy atom. The first-order valence-corrected chi connectivity index (χ1v) is 7.69. The van der Waals surface area contributed by atoms with Gasteiger partial charge < -0.3 is 10.1 Å². The molecule has 4 heteroatoms. The van der Waals surface area contributed by atoms with Gasteiger partial charge in [-0.3, -0.25) is 4.68 Å². The van der Waals surface area contributed by atoms with E-state index in [0.717, 1.165) is 25.3 Å².